The zero-order chi connectivity index (χ0) is 26.8. The van der Waals surface area contributed by atoms with Gasteiger partial charge in [0.1, 0.15) is 23.0 Å². The number of alkyl halides is 1. The zero-order valence-corrected chi connectivity index (χ0v) is 22.0. The maximum Gasteiger partial charge on any atom is 0.127 e. The summed E-state index contributed by atoms with van der Waals surface area (Å²) < 4.78 is 25.2. The topological polar surface area (TPSA) is 70.5 Å². The second-order valence-electron chi connectivity index (χ2n) is 9.72. The number of nitrogens with two attached hydrogens (primary N) is 2. The molecule has 0 fully saturated rings. The number of nitrogen functional groups attached to an aromatic ring is 2. The third-order valence-corrected chi connectivity index (χ3v) is 6.99. The molecule has 38 heavy (non-hydrogen) atoms. The van der Waals surface area contributed by atoms with Gasteiger partial charge in [-0.25, -0.2) is 0 Å². The van der Waals surface area contributed by atoms with Crippen LogP contribution in [-0.4, -0.2) is 6.67 Å². The Hall–Kier alpha value is -3.99. The molecular formula is C33H37FN2O2. The average Bonchev–Trinajstić information content (AvgIpc) is 2.94. The summed E-state index contributed by atoms with van der Waals surface area (Å²) in [6.07, 6.45) is 5.38. The van der Waals surface area contributed by atoms with Crippen LogP contribution in [0.2, 0.25) is 0 Å². The fourth-order valence-electron chi connectivity index (χ4n) is 4.90. The molecule has 0 aliphatic carbocycles. The molecule has 4 aromatic carbocycles. The predicted octanol–water partition coefficient (Wildman–Crippen LogP) is 9.05. The Morgan fingerprint density at radius 2 is 0.921 bits per heavy atom. The summed E-state index contributed by atoms with van der Waals surface area (Å²) >= 11 is 0. The van der Waals surface area contributed by atoms with Crippen LogP contribution in [0.5, 0.6) is 23.0 Å². The van der Waals surface area contributed by atoms with E-state index in [1.54, 1.807) is 0 Å². The van der Waals surface area contributed by atoms with Gasteiger partial charge in [-0.3, -0.25) is 4.39 Å². The van der Waals surface area contributed by atoms with Gasteiger partial charge in [0, 0.05) is 16.8 Å². The van der Waals surface area contributed by atoms with Crippen LogP contribution in [-0.2, 0) is 5.41 Å². The number of unbranched alkanes of at least 4 members (excludes halogenated alkanes) is 2. The third-order valence-electron chi connectivity index (χ3n) is 6.99. The summed E-state index contributed by atoms with van der Waals surface area (Å²) in [6.45, 7) is 1.91. The van der Waals surface area contributed by atoms with Gasteiger partial charge in [-0.1, -0.05) is 44.0 Å². The van der Waals surface area contributed by atoms with E-state index in [0.717, 1.165) is 55.1 Å². The van der Waals surface area contributed by atoms with E-state index in [9.17, 15) is 4.39 Å². The molecule has 0 aromatic heterocycles. The molecule has 0 saturated heterocycles. The van der Waals surface area contributed by atoms with Crippen molar-refractivity contribution in [2.24, 2.45) is 0 Å². The molecule has 198 valence electrons. The Kier molecular flexibility index (Phi) is 9.26. The van der Waals surface area contributed by atoms with Gasteiger partial charge < -0.3 is 20.9 Å². The molecule has 4 N–H and O–H groups in total. The van der Waals surface area contributed by atoms with Crippen LogP contribution >= 0.6 is 0 Å². The minimum atomic E-state index is -0.299. The molecule has 0 unspecified atom stereocenters. The van der Waals surface area contributed by atoms with E-state index in [1.807, 2.05) is 72.8 Å². The first kappa shape index (κ1) is 27.1. The van der Waals surface area contributed by atoms with Crippen molar-refractivity contribution >= 4 is 11.4 Å². The minimum absolute atomic E-state index is 0.232. The Labute approximate surface area is 225 Å². The Morgan fingerprint density at radius 3 is 1.29 bits per heavy atom. The van der Waals surface area contributed by atoms with Gasteiger partial charge in [-0.05, 0) is 110 Å². The molecule has 0 bridgehead atoms. The quantitative estimate of drug-likeness (QED) is 0.138. The minimum Gasteiger partial charge on any atom is -0.457 e. The van der Waals surface area contributed by atoms with Gasteiger partial charge in [-0.2, -0.15) is 0 Å². The van der Waals surface area contributed by atoms with E-state index in [1.165, 1.54) is 11.1 Å². The standard InChI is InChI=1S/C33H37FN2O2/c1-2-3-22-33(23-4-5-24-34,25-6-14-29(15-7-25)37-31-18-10-27(35)11-19-31)26-8-16-30(17-9-26)38-32-20-12-28(36)13-21-32/h6-21H,2-5,22-24,35-36H2,1H3. The largest absolute Gasteiger partial charge is 0.457 e. The summed E-state index contributed by atoms with van der Waals surface area (Å²) in [7, 11) is 0. The van der Waals surface area contributed by atoms with Crippen molar-refractivity contribution in [1.82, 2.24) is 0 Å². The Balaban J connectivity index is 1.63. The fourth-order valence-corrected chi connectivity index (χ4v) is 4.90. The maximum atomic E-state index is 13.1. The molecule has 0 heterocycles. The first-order valence-electron chi connectivity index (χ1n) is 13.4. The molecule has 4 nitrogen and oxygen atoms in total. The van der Waals surface area contributed by atoms with Crippen LogP contribution in [0.15, 0.2) is 97.1 Å². The van der Waals surface area contributed by atoms with Gasteiger partial charge in [0.2, 0.25) is 0 Å². The van der Waals surface area contributed by atoms with E-state index in [4.69, 9.17) is 20.9 Å². The number of anilines is 2. The highest BCUT2D eigenvalue weighted by molar-refractivity contribution is 5.47. The third kappa shape index (κ3) is 6.86. The van der Waals surface area contributed by atoms with Gasteiger partial charge in [-0.15, -0.1) is 0 Å². The van der Waals surface area contributed by atoms with Crippen molar-refractivity contribution in [2.45, 2.75) is 50.9 Å². The van der Waals surface area contributed by atoms with Gasteiger partial charge in [0.15, 0.2) is 0 Å². The number of hydrogen-bond donors (Lipinski definition) is 2. The highest BCUT2D eigenvalue weighted by Crippen LogP contribution is 2.43. The molecule has 0 radical (unpaired) electrons. The van der Waals surface area contributed by atoms with Gasteiger partial charge in [0.25, 0.3) is 0 Å². The summed E-state index contributed by atoms with van der Waals surface area (Å²) in [4.78, 5) is 0. The van der Waals surface area contributed by atoms with Crippen molar-refractivity contribution in [2.75, 3.05) is 18.1 Å². The van der Waals surface area contributed by atoms with Crippen molar-refractivity contribution in [3.05, 3.63) is 108 Å². The molecule has 4 aromatic rings. The molecule has 0 amide bonds. The van der Waals surface area contributed by atoms with Crippen molar-refractivity contribution in [1.29, 1.82) is 0 Å². The van der Waals surface area contributed by atoms with E-state index in [2.05, 4.69) is 31.2 Å². The van der Waals surface area contributed by atoms with Crippen molar-refractivity contribution in [3.63, 3.8) is 0 Å². The second kappa shape index (κ2) is 13.0. The molecule has 0 aliphatic rings. The lowest BCUT2D eigenvalue weighted by molar-refractivity contribution is 0.378. The summed E-state index contributed by atoms with van der Waals surface area (Å²) in [5.74, 6) is 3.01. The van der Waals surface area contributed by atoms with Crippen LogP contribution in [0.25, 0.3) is 0 Å². The molecule has 0 atom stereocenters. The Morgan fingerprint density at radius 1 is 0.553 bits per heavy atom. The van der Waals surface area contributed by atoms with E-state index >= 15 is 0 Å². The number of halogens is 1. The maximum absolute atomic E-state index is 13.1. The highest BCUT2D eigenvalue weighted by atomic mass is 19.1. The first-order valence-corrected chi connectivity index (χ1v) is 13.4. The molecular weight excluding hydrogens is 475 g/mol. The fraction of sp³-hybridized carbons (Fsp3) is 0.273. The van der Waals surface area contributed by atoms with E-state index in [-0.39, 0.29) is 12.1 Å². The molecule has 4 rings (SSSR count). The number of ether oxygens (including phenoxy) is 2. The summed E-state index contributed by atoms with van der Waals surface area (Å²) in [6, 6.07) is 31.4. The Bertz CT molecular complexity index is 1160. The van der Waals surface area contributed by atoms with Crippen molar-refractivity contribution in [3.8, 4) is 23.0 Å². The highest BCUT2D eigenvalue weighted by Gasteiger charge is 2.33. The molecule has 0 aliphatic heterocycles. The first-order chi connectivity index (χ1) is 18.5. The van der Waals surface area contributed by atoms with Gasteiger partial charge in [0.05, 0.1) is 6.67 Å². The second-order valence-corrected chi connectivity index (χ2v) is 9.72. The SMILES string of the molecule is CCCCC(CCCCF)(c1ccc(Oc2ccc(N)cc2)cc1)c1ccc(Oc2ccc(N)cc2)cc1. The van der Waals surface area contributed by atoms with Crippen LogP contribution in [0.1, 0.15) is 56.6 Å². The predicted molar refractivity (Wildman–Crippen MR) is 155 cm³/mol. The van der Waals surface area contributed by atoms with Crippen LogP contribution in [0.3, 0.4) is 0 Å². The van der Waals surface area contributed by atoms with Crippen molar-refractivity contribution < 1.29 is 13.9 Å². The lowest BCUT2D eigenvalue weighted by Gasteiger charge is -2.36. The molecule has 0 saturated carbocycles. The zero-order valence-electron chi connectivity index (χ0n) is 22.0. The molecule has 0 spiro atoms. The number of hydrogen-bond acceptors (Lipinski definition) is 4. The average molecular weight is 513 g/mol. The van der Waals surface area contributed by atoms with E-state index < -0.39 is 0 Å². The molecule has 5 heteroatoms. The van der Waals surface area contributed by atoms with Crippen LogP contribution in [0, 0.1) is 0 Å². The summed E-state index contributed by atoms with van der Waals surface area (Å²) in [5.41, 5.74) is 15.2. The smallest absolute Gasteiger partial charge is 0.127 e. The lowest BCUT2D eigenvalue weighted by Crippen LogP contribution is -2.28. The normalized spacial score (nSPS) is 11.3. The number of rotatable bonds is 13. The monoisotopic (exact) mass is 512 g/mol. The number of benzene rings is 4. The van der Waals surface area contributed by atoms with E-state index in [0.29, 0.717) is 17.8 Å². The van der Waals surface area contributed by atoms with Gasteiger partial charge >= 0.3 is 0 Å². The van der Waals surface area contributed by atoms with Crippen LogP contribution in [0.4, 0.5) is 15.8 Å². The van der Waals surface area contributed by atoms with Crippen LogP contribution < -0.4 is 20.9 Å². The lowest BCUT2D eigenvalue weighted by atomic mass is 9.68. The summed E-state index contributed by atoms with van der Waals surface area (Å²) in [5, 5.41) is 0.